The Morgan fingerprint density at radius 1 is 1.13 bits per heavy atom. The summed E-state index contributed by atoms with van der Waals surface area (Å²) in [5, 5.41) is 17.9. The van der Waals surface area contributed by atoms with Crippen molar-refractivity contribution in [3.8, 4) is 0 Å². The lowest BCUT2D eigenvalue weighted by atomic mass is 9.83. The molecule has 2 amide bonds. The predicted molar refractivity (Wildman–Crippen MR) is 148 cm³/mol. The predicted octanol–water partition coefficient (Wildman–Crippen LogP) is 2.51. The van der Waals surface area contributed by atoms with Crippen LogP contribution in [0.2, 0.25) is 0 Å². The van der Waals surface area contributed by atoms with E-state index in [0.717, 1.165) is 42.5 Å². The Morgan fingerprint density at radius 2 is 1.90 bits per heavy atom. The maximum absolute atomic E-state index is 13.8. The molecule has 2 atom stereocenters. The summed E-state index contributed by atoms with van der Waals surface area (Å²) in [5.74, 6) is -0.809. The summed E-state index contributed by atoms with van der Waals surface area (Å²) in [6.45, 7) is 0.671. The quantitative estimate of drug-likeness (QED) is 0.0835. The van der Waals surface area contributed by atoms with Crippen molar-refractivity contribution in [3.05, 3.63) is 69.9 Å². The number of rotatable bonds is 11. The number of amidine groups is 1. The second-order valence-electron chi connectivity index (χ2n) is 9.74. The fourth-order valence-electron chi connectivity index (χ4n) is 5.00. The Morgan fingerprint density at radius 3 is 2.64 bits per heavy atom. The van der Waals surface area contributed by atoms with Crippen LogP contribution in [0.3, 0.4) is 0 Å². The van der Waals surface area contributed by atoms with E-state index in [1.807, 2.05) is 36.4 Å². The summed E-state index contributed by atoms with van der Waals surface area (Å²) in [6.07, 6.45) is 8.53. The van der Waals surface area contributed by atoms with Gasteiger partial charge in [0, 0.05) is 11.4 Å². The van der Waals surface area contributed by atoms with E-state index in [0.29, 0.717) is 11.4 Å². The van der Waals surface area contributed by atoms with Gasteiger partial charge in [-0.2, -0.15) is 0 Å². The largest absolute Gasteiger partial charge is 0.460 e. The number of ether oxygens (including phenoxy) is 1. The Bertz CT molecular complexity index is 1190. The summed E-state index contributed by atoms with van der Waals surface area (Å²) in [7, 11) is 0. The van der Waals surface area contributed by atoms with Crippen molar-refractivity contribution in [3.63, 3.8) is 0 Å². The number of nitrogens with two attached hydrogens (primary N) is 1. The van der Waals surface area contributed by atoms with Crippen LogP contribution in [0.5, 0.6) is 0 Å². The van der Waals surface area contributed by atoms with Gasteiger partial charge in [0.05, 0.1) is 24.0 Å². The number of nitrogens with one attached hydrogen (secondary N) is 2. The van der Waals surface area contributed by atoms with Crippen LogP contribution in [0.25, 0.3) is 0 Å². The summed E-state index contributed by atoms with van der Waals surface area (Å²) in [4.78, 5) is 42.3. The van der Waals surface area contributed by atoms with Gasteiger partial charge in [0.2, 0.25) is 11.8 Å². The number of hydrogen-bond donors (Lipinski definition) is 4. The van der Waals surface area contributed by atoms with Crippen LogP contribution in [0.15, 0.2) is 59.8 Å². The average Bonchev–Trinajstić information content (AvgIpc) is 3.66. The molecule has 2 aliphatic rings. The van der Waals surface area contributed by atoms with Crippen LogP contribution in [-0.2, 0) is 32.3 Å². The normalized spacial score (nSPS) is 18.6. The molecule has 1 aromatic heterocycles. The third-order valence-electron chi connectivity index (χ3n) is 7.06. The van der Waals surface area contributed by atoms with E-state index < -0.39 is 18.1 Å². The van der Waals surface area contributed by atoms with Crippen molar-refractivity contribution in [1.82, 2.24) is 15.5 Å². The Labute approximate surface area is 231 Å². The minimum absolute atomic E-state index is 0.0123. The van der Waals surface area contributed by atoms with Crippen LogP contribution >= 0.6 is 11.3 Å². The number of benzene rings is 1. The van der Waals surface area contributed by atoms with Crippen molar-refractivity contribution in [2.24, 2.45) is 16.8 Å². The van der Waals surface area contributed by atoms with E-state index in [2.05, 4.69) is 15.8 Å². The van der Waals surface area contributed by atoms with Gasteiger partial charge in [-0.15, -0.1) is 11.3 Å². The zero-order valence-corrected chi connectivity index (χ0v) is 22.6. The first-order chi connectivity index (χ1) is 19.0. The Kier molecular flexibility index (Phi) is 10.1. The monoisotopic (exact) mass is 553 g/mol. The van der Waals surface area contributed by atoms with E-state index in [1.54, 1.807) is 23.1 Å². The van der Waals surface area contributed by atoms with Gasteiger partial charge in [-0.05, 0) is 36.5 Å². The standard InChI is InChI=1S/C28H35N5O5S/c29-26(32-37)23-14-13-21(39-23)16-31-27(35)22-12-7-15-33(22)28(36)25(20-10-5-2-6-11-20)30-17-24(34)38-18-19-8-3-1-4-9-19/h1,3-4,7-9,12-14,20,22,25,30,37H,2,5-6,10-11,15-18H2,(H2,29,32)(H,31,35)/t22?,25-/m0/s1. The summed E-state index contributed by atoms with van der Waals surface area (Å²) in [5.41, 5.74) is 6.52. The highest BCUT2D eigenvalue weighted by Gasteiger charge is 2.38. The van der Waals surface area contributed by atoms with Gasteiger partial charge in [-0.25, -0.2) is 0 Å². The zero-order chi connectivity index (χ0) is 27.6. The number of nitrogens with zero attached hydrogens (tertiary/aromatic N) is 2. The number of amides is 2. The second-order valence-corrected chi connectivity index (χ2v) is 10.9. The minimum Gasteiger partial charge on any atom is -0.460 e. The van der Waals surface area contributed by atoms with Crippen molar-refractivity contribution >= 4 is 35.0 Å². The molecule has 208 valence electrons. The van der Waals surface area contributed by atoms with E-state index >= 15 is 0 Å². The topological polar surface area (TPSA) is 146 Å². The molecule has 1 saturated carbocycles. The third-order valence-corrected chi connectivity index (χ3v) is 8.17. The van der Waals surface area contributed by atoms with Crippen molar-refractivity contribution in [1.29, 1.82) is 0 Å². The fraction of sp³-hybridized carbons (Fsp3) is 0.429. The molecule has 0 saturated heterocycles. The highest BCUT2D eigenvalue weighted by molar-refractivity contribution is 7.14. The molecule has 11 heteroatoms. The van der Waals surface area contributed by atoms with Gasteiger partial charge in [-0.3, -0.25) is 19.7 Å². The molecule has 4 rings (SSSR count). The molecule has 0 bridgehead atoms. The molecule has 1 aliphatic carbocycles. The molecule has 1 aromatic carbocycles. The number of carbonyl (C=O) groups is 3. The van der Waals surface area contributed by atoms with E-state index in [4.69, 9.17) is 15.7 Å². The Hall–Kier alpha value is -3.70. The first kappa shape index (κ1) is 28.3. The van der Waals surface area contributed by atoms with Gasteiger partial charge in [0.15, 0.2) is 5.84 Å². The Balaban J connectivity index is 1.36. The molecule has 0 radical (unpaired) electrons. The van der Waals surface area contributed by atoms with Crippen LogP contribution in [0, 0.1) is 5.92 Å². The van der Waals surface area contributed by atoms with E-state index in [-0.39, 0.29) is 43.3 Å². The van der Waals surface area contributed by atoms with Crippen LogP contribution < -0.4 is 16.4 Å². The van der Waals surface area contributed by atoms with Gasteiger partial charge < -0.3 is 25.9 Å². The highest BCUT2D eigenvalue weighted by Crippen LogP contribution is 2.28. The molecule has 10 nitrogen and oxygen atoms in total. The smallest absolute Gasteiger partial charge is 0.320 e. The van der Waals surface area contributed by atoms with Crippen LogP contribution in [0.1, 0.15) is 47.4 Å². The maximum Gasteiger partial charge on any atom is 0.320 e. The summed E-state index contributed by atoms with van der Waals surface area (Å²) < 4.78 is 5.40. The lowest BCUT2D eigenvalue weighted by molar-refractivity contribution is -0.145. The van der Waals surface area contributed by atoms with Crippen LogP contribution in [0.4, 0.5) is 0 Å². The molecule has 39 heavy (non-hydrogen) atoms. The van der Waals surface area contributed by atoms with Gasteiger partial charge in [0.1, 0.15) is 12.6 Å². The zero-order valence-electron chi connectivity index (χ0n) is 21.8. The summed E-state index contributed by atoms with van der Waals surface area (Å²) >= 11 is 1.31. The van der Waals surface area contributed by atoms with Gasteiger partial charge in [-0.1, -0.05) is 66.9 Å². The first-order valence-electron chi connectivity index (χ1n) is 13.2. The van der Waals surface area contributed by atoms with Crippen molar-refractivity contribution < 1.29 is 24.3 Å². The molecular weight excluding hydrogens is 518 g/mol. The van der Waals surface area contributed by atoms with Crippen molar-refractivity contribution in [2.45, 2.75) is 57.3 Å². The fourth-order valence-corrected chi connectivity index (χ4v) is 5.84. The number of thiophene rings is 1. The maximum atomic E-state index is 13.8. The molecule has 1 aliphatic heterocycles. The average molecular weight is 554 g/mol. The number of esters is 1. The number of oxime groups is 1. The molecule has 2 aromatic rings. The number of carbonyl (C=O) groups excluding carboxylic acids is 3. The van der Waals surface area contributed by atoms with Crippen LogP contribution in [-0.4, -0.2) is 58.9 Å². The lowest BCUT2D eigenvalue weighted by Gasteiger charge is -2.34. The van der Waals surface area contributed by atoms with E-state index in [9.17, 15) is 14.4 Å². The SMILES string of the molecule is N/C(=N\O)c1ccc(CNC(=O)C2C=CCN2C(=O)[C@@H](NCC(=O)OCc2ccccc2)C2CCCCC2)s1. The summed E-state index contributed by atoms with van der Waals surface area (Å²) in [6, 6.07) is 11.6. The third kappa shape index (κ3) is 7.67. The van der Waals surface area contributed by atoms with Gasteiger partial charge in [0.25, 0.3) is 0 Å². The highest BCUT2D eigenvalue weighted by atomic mass is 32.1. The molecule has 1 fully saturated rings. The molecule has 5 N–H and O–H groups in total. The second kappa shape index (κ2) is 13.9. The first-order valence-corrected chi connectivity index (χ1v) is 14.0. The van der Waals surface area contributed by atoms with Gasteiger partial charge >= 0.3 is 5.97 Å². The van der Waals surface area contributed by atoms with E-state index in [1.165, 1.54) is 11.3 Å². The number of hydrogen-bond acceptors (Lipinski definition) is 8. The molecule has 2 heterocycles. The van der Waals surface area contributed by atoms with Crippen molar-refractivity contribution in [2.75, 3.05) is 13.1 Å². The lowest BCUT2D eigenvalue weighted by Crippen LogP contribution is -2.56. The molecular formula is C28H35N5O5S. The molecule has 1 unspecified atom stereocenters. The molecule has 0 spiro atoms. The minimum atomic E-state index is -0.737.